The summed E-state index contributed by atoms with van der Waals surface area (Å²) in [5.41, 5.74) is 0. The van der Waals surface area contributed by atoms with E-state index in [0.717, 1.165) is 32.4 Å². The summed E-state index contributed by atoms with van der Waals surface area (Å²) in [5, 5.41) is 6.20. The minimum absolute atomic E-state index is 0.00662. The number of nitrogens with one attached hydrogen (secondary N) is 2. The van der Waals surface area contributed by atoms with Gasteiger partial charge in [0.2, 0.25) is 5.91 Å². The first-order valence-corrected chi connectivity index (χ1v) is 5.40. The van der Waals surface area contributed by atoms with Crippen LogP contribution in [0.15, 0.2) is 0 Å². The van der Waals surface area contributed by atoms with Crippen molar-refractivity contribution >= 4 is 5.91 Å². The van der Waals surface area contributed by atoms with Gasteiger partial charge < -0.3 is 15.4 Å². The third-order valence-electron chi connectivity index (χ3n) is 2.24. The van der Waals surface area contributed by atoms with Crippen molar-refractivity contribution in [1.82, 2.24) is 10.6 Å². The standard InChI is InChI=1S/C10H20N2O2/c1-2-6-14-8-10(13)12-9-4-3-5-11-7-9/h9,11H,2-8H2,1H3,(H,12,13)/t9-/m1/s1. The van der Waals surface area contributed by atoms with Gasteiger partial charge in [0, 0.05) is 19.2 Å². The molecule has 0 aromatic heterocycles. The summed E-state index contributed by atoms with van der Waals surface area (Å²) in [6.07, 6.45) is 3.17. The van der Waals surface area contributed by atoms with Gasteiger partial charge in [-0.3, -0.25) is 4.79 Å². The summed E-state index contributed by atoms with van der Waals surface area (Å²) < 4.78 is 5.15. The van der Waals surface area contributed by atoms with Crippen molar-refractivity contribution in [3.05, 3.63) is 0 Å². The monoisotopic (exact) mass is 200 g/mol. The Morgan fingerprint density at radius 2 is 2.50 bits per heavy atom. The van der Waals surface area contributed by atoms with Gasteiger partial charge in [-0.15, -0.1) is 0 Å². The van der Waals surface area contributed by atoms with Crippen molar-refractivity contribution in [2.45, 2.75) is 32.2 Å². The minimum Gasteiger partial charge on any atom is -0.372 e. The SMILES string of the molecule is CCCOCC(=O)N[C@@H]1CCCNC1. The van der Waals surface area contributed by atoms with Gasteiger partial charge in [-0.05, 0) is 25.8 Å². The maximum Gasteiger partial charge on any atom is 0.246 e. The average molecular weight is 200 g/mol. The van der Waals surface area contributed by atoms with Crippen LogP contribution in [0.4, 0.5) is 0 Å². The Bertz CT molecular complexity index is 168. The fraction of sp³-hybridized carbons (Fsp3) is 0.900. The molecule has 0 radical (unpaired) electrons. The van der Waals surface area contributed by atoms with E-state index < -0.39 is 0 Å². The van der Waals surface area contributed by atoms with Gasteiger partial charge in [0.25, 0.3) is 0 Å². The zero-order valence-electron chi connectivity index (χ0n) is 8.84. The Morgan fingerprint density at radius 1 is 1.64 bits per heavy atom. The van der Waals surface area contributed by atoms with Gasteiger partial charge in [-0.1, -0.05) is 6.92 Å². The molecule has 0 bridgehead atoms. The van der Waals surface area contributed by atoms with Crippen LogP contribution in [0.1, 0.15) is 26.2 Å². The number of hydrogen-bond acceptors (Lipinski definition) is 3. The number of rotatable bonds is 5. The van der Waals surface area contributed by atoms with E-state index in [2.05, 4.69) is 10.6 Å². The molecule has 0 saturated carbocycles. The van der Waals surface area contributed by atoms with Crippen LogP contribution in [-0.4, -0.2) is 38.3 Å². The molecule has 2 N–H and O–H groups in total. The van der Waals surface area contributed by atoms with E-state index in [4.69, 9.17) is 4.74 Å². The van der Waals surface area contributed by atoms with Gasteiger partial charge in [0.15, 0.2) is 0 Å². The van der Waals surface area contributed by atoms with Gasteiger partial charge in [-0.25, -0.2) is 0 Å². The number of carbonyl (C=O) groups excluding carboxylic acids is 1. The van der Waals surface area contributed by atoms with E-state index in [1.165, 1.54) is 0 Å². The molecule has 82 valence electrons. The van der Waals surface area contributed by atoms with Crippen molar-refractivity contribution in [2.75, 3.05) is 26.3 Å². The lowest BCUT2D eigenvalue weighted by molar-refractivity contribution is -0.126. The number of amides is 1. The van der Waals surface area contributed by atoms with Gasteiger partial charge >= 0.3 is 0 Å². The lowest BCUT2D eigenvalue weighted by Gasteiger charge is -2.23. The maximum absolute atomic E-state index is 11.3. The van der Waals surface area contributed by atoms with E-state index >= 15 is 0 Å². The normalized spacial score (nSPS) is 21.9. The topological polar surface area (TPSA) is 50.4 Å². The predicted molar refractivity (Wildman–Crippen MR) is 55.1 cm³/mol. The third kappa shape index (κ3) is 4.58. The van der Waals surface area contributed by atoms with Crippen molar-refractivity contribution in [3.63, 3.8) is 0 Å². The molecule has 4 heteroatoms. The molecular weight excluding hydrogens is 180 g/mol. The molecule has 0 aromatic carbocycles. The van der Waals surface area contributed by atoms with Crippen LogP contribution in [0.2, 0.25) is 0 Å². The molecule has 0 aliphatic carbocycles. The highest BCUT2D eigenvalue weighted by molar-refractivity contribution is 5.77. The molecule has 1 saturated heterocycles. The highest BCUT2D eigenvalue weighted by Crippen LogP contribution is 2.00. The van der Waals surface area contributed by atoms with Crippen LogP contribution in [0.5, 0.6) is 0 Å². The highest BCUT2D eigenvalue weighted by Gasteiger charge is 2.14. The molecule has 1 heterocycles. The van der Waals surface area contributed by atoms with Crippen molar-refractivity contribution < 1.29 is 9.53 Å². The number of carbonyl (C=O) groups is 1. The van der Waals surface area contributed by atoms with E-state index in [-0.39, 0.29) is 12.5 Å². The summed E-state index contributed by atoms with van der Waals surface area (Å²) in [6.45, 7) is 4.85. The Balaban J connectivity index is 2.06. The molecule has 1 aliphatic heterocycles. The molecule has 1 rings (SSSR count). The number of piperidine rings is 1. The Hall–Kier alpha value is -0.610. The predicted octanol–water partition coefficient (Wildman–Crippen LogP) is 0.281. The quantitative estimate of drug-likeness (QED) is 0.627. The average Bonchev–Trinajstić information content (AvgIpc) is 2.20. The van der Waals surface area contributed by atoms with Gasteiger partial charge in [0.1, 0.15) is 6.61 Å². The highest BCUT2D eigenvalue weighted by atomic mass is 16.5. The number of ether oxygens (including phenoxy) is 1. The summed E-state index contributed by atoms with van der Waals surface area (Å²) in [7, 11) is 0. The fourth-order valence-corrected chi connectivity index (χ4v) is 1.55. The molecule has 1 atom stereocenters. The lowest BCUT2D eigenvalue weighted by atomic mass is 10.1. The molecular formula is C10H20N2O2. The molecule has 14 heavy (non-hydrogen) atoms. The lowest BCUT2D eigenvalue weighted by Crippen LogP contribution is -2.46. The smallest absolute Gasteiger partial charge is 0.246 e. The Labute approximate surface area is 85.4 Å². The second-order valence-electron chi connectivity index (χ2n) is 3.66. The van der Waals surface area contributed by atoms with E-state index in [1.807, 2.05) is 6.92 Å². The second kappa shape index (κ2) is 6.79. The summed E-state index contributed by atoms with van der Waals surface area (Å²) >= 11 is 0. The molecule has 0 spiro atoms. The summed E-state index contributed by atoms with van der Waals surface area (Å²) in [5.74, 6) is 0.00662. The largest absolute Gasteiger partial charge is 0.372 e. The van der Waals surface area contributed by atoms with Crippen molar-refractivity contribution in [1.29, 1.82) is 0 Å². The number of hydrogen-bond donors (Lipinski definition) is 2. The summed E-state index contributed by atoms with van der Waals surface area (Å²) in [4.78, 5) is 11.3. The van der Waals surface area contributed by atoms with Crippen molar-refractivity contribution in [3.8, 4) is 0 Å². The zero-order valence-corrected chi connectivity index (χ0v) is 8.84. The minimum atomic E-state index is 0.00662. The van der Waals surface area contributed by atoms with Crippen LogP contribution in [-0.2, 0) is 9.53 Å². The third-order valence-corrected chi connectivity index (χ3v) is 2.24. The molecule has 1 fully saturated rings. The molecule has 1 aliphatic rings. The first-order chi connectivity index (χ1) is 6.83. The van der Waals surface area contributed by atoms with Crippen LogP contribution in [0.3, 0.4) is 0 Å². The van der Waals surface area contributed by atoms with Crippen LogP contribution in [0, 0.1) is 0 Å². The first-order valence-electron chi connectivity index (χ1n) is 5.40. The fourth-order valence-electron chi connectivity index (χ4n) is 1.55. The van der Waals surface area contributed by atoms with E-state index in [1.54, 1.807) is 0 Å². The van der Waals surface area contributed by atoms with Crippen molar-refractivity contribution in [2.24, 2.45) is 0 Å². The van der Waals surface area contributed by atoms with Crippen LogP contribution in [0.25, 0.3) is 0 Å². The van der Waals surface area contributed by atoms with Crippen LogP contribution < -0.4 is 10.6 Å². The molecule has 0 unspecified atom stereocenters. The first kappa shape index (κ1) is 11.5. The molecule has 0 aromatic rings. The molecule has 4 nitrogen and oxygen atoms in total. The summed E-state index contributed by atoms with van der Waals surface area (Å²) in [6, 6.07) is 0.293. The Kier molecular flexibility index (Phi) is 5.56. The maximum atomic E-state index is 11.3. The second-order valence-corrected chi connectivity index (χ2v) is 3.66. The Morgan fingerprint density at radius 3 is 3.14 bits per heavy atom. The molecule has 1 amide bonds. The van der Waals surface area contributed by atoms with E-state index in [9.17, 15) is 4.79 Å². The van der Waals surface area contributed by atoms with Gasteiger partial charge in [-0.2, -0.15) is 0 Å². The van der Waals surface area contributed by atoms with Gasteiger partial charge in [0.05, 0.1) is 0 Å². The van der Waals surface area contributed by atoms with Crippen LogP contribution >= 0.6 is 0 Å². The van der Waals surface area contributed by atoms with E-state index in [0.29, 0.717) is 12.6 Å². The zero-order chi connectivity index (χ0) is 10.2.